The number of hydrogen-bond acceptors (Lipinski definition) is 3. The molecule has 1 atom stereocenters. The third kappa shape index (κ3) is 3.41. The first kappa shape index (κ1) is 12.8. The van der Waals surface area contributed by atoms with Gasteiger partial charge in [0.15, 0.2) is 0 Å². The number of halogens is 1. The Morgan fingerprint density at radius 3 is 3.12 bits per heavy atom. The van der Waals surface area contributed by atoms with Crippen LogP contribution in [0.2, 0.25) is 5.15 Å². The molecule has 1 unspecified atom stereocenters. The van der Waals surface area contributed by atoms with Gasteiger partial charge in [0.05, 0.1) is 0 Å². The molecule has 1 saturated heterocycles. The molecule has 1 aromatic rings. The van der Waals surface area contributed by atoms with E-state index in [-0.39, 0.29) is 0 Å². The Morgan fingerprint density at radius 1 is 1.59 bits per heavy atom. The maximum absolute atomic E-state index is 6.09. The minimum absolute atomic E-state index is 0.628. The minimum Gasteiger partial charge on any atom is -0.305 e. The van der Waals surface area contributed by atoms with Crippen molar-refractivity contribution in [2.75, 3.05) is 27.2 Å². The van der Waals surface area contributed by atoms with Crippen molar-refractivity contribution in [1.29, 1.82) is 0 Å². The molecule has 17 heavy (non-hydrogen) atoms. The third-order valence-corrected chi connectivity index (χ3v) is 3.82. The topological polar surface area (TPSA) is 19.4 Å². The molecular formula is C13H20ClN3. The monoisotopic (exact) mass is 253 g/mol. The average molecular weight is 254 g/mol. The van der Waals surface area contributed by atoms with Crippen LogP contribution >= 0.6 is 11.6 Å². The van der Waals surface area contributed by atoms with Crippen LogP contribution in [0.1, 0.15) is 18.4 Å². The molecule has 1 aliphatic rings. The highest BCUT2D eigenvalue weighted by Crippen LogP contribution is 2.18. The molecule has 0 bridgehead atoms. The zero-order valence-electron chi connectivity index (χ0n) is 10.6. The Kier molecular flexibility index (Phi) is 4.37. The minimum atomic E-state index is 0.628. The van der Waals surface area contributed by atoms with Gasteiger partial charge >= 0.3 is 0 Å². The molecule has 0 N–H and O–H groups in total. The van der Waals surface area contributed by atoms with Gasteiger partial charge in [0, 0.05) is 30.9 Å². The fourth-order valence-electron chi connectivity index (χ4n) is 2.43. The van der Waals surface area contributed by atoms with Crippen LogP contribution < -0.4 is 0 Å². The lowest BCUT2D eigenvalue weighted by atomic mass is 10.0. The van der Waals surface area contributed by atoms with E-state index < -0.39 is 0 Å². The smallest absolute Gasteiger partial charge is 0.133 e. The summed E-state index contributed by atoms with van der Waals surface area (Å²) < 4.78 is 0. The second-order valence-electron chi connectivity index (χ2n) is 4.93. The summed E-state index contributed by atoms with van der Waals surface area (Å²) >= 11 is 6.09. The molecule has 3 nitrogen and oxygen atoms in total. The SMILES string of the molecule is CN1CCCC(N(C)Cc2cccnc2Cl)C1. The summed E-state index contributed by atoms with van der Waals surface area (Å²) in [5.74, 6) is 0. The molecule has 0 amide bonds. The predicted octanol–water partition coefficient (Wildman–Crippen LogP) is 2.26. The normalized spacial score (nSPS) is 22.0. The number of likely N-dealkylation sites (tertiary alicyclic amines) is 1. The van der Waals surface area contributed by atoms with Crippen molar-refractivity contribution in [3.63, 3.8) is 0 Å². The fourth-order valence-corrected chi connectivity index (χ4v) is 2.61. The highest BCUT2D eigenvalue weighted by Gasteiger charge is 2.21. The molecule has 0 radical (unpaired) electrons. The number of likely N-dealkylation sites (N-methyl/N-ethyl adjacent to an activating group) is 2. The first-order chi connectivity index (χ1) is 8.16. The van der Waals surface area contributed by atoms with Crippen LogP contribution in [0, 0.1) is 0 Å². The molecular weight excluding hydrogens is 234 g/mol. The van der Waals surface area contributed by atoms with Crippen molar-refractivity contribution >= 4 is 11.6 Å². The Morgan fingerprint density at radius 2 is 2.41 bits per heavy atom. The lowest BCUT2D eigenvalue weighted by molar-refractivity contribution is 0.129. The van der Waals surface area contributed by atoms with Crippen molar-refractivity contribution in [3.8, 4) is 0 Å². The molecule has 0 aromatic carbocycles. The summed E-state index contributed by atoms with van der Waals surface area (Å²) in [5, 5.41) is 0.628. The van der Waals surface area contributed by atoms with Crippen molar-refractivity contribution in [3.05, 3.63) is 29.0 Å². The molecule has 4 heteroatoms. The molecule has 0 spiro atoms. The Hall–Kier alpha value is -0.640. The summed E-state index contributed by atoms with van der Waals surface area (Å²) in [4.78, 5) is 8.91. The number of pyridine rings is 1. The number of nitrogens with zero attached hydrogens (tertiary/aromatic N) is 3. The van der Waals surface area contributed by atoms with Gasteiger partial charge in [-0.15, -0.1) is 0 Å². The largest absolute Gasteiger partial charge is 0.305 e. The van der Waals surface area contributed by atoms with Gasteiger partial charge in [-0.25, -0.2) is 4.98 Å². The van der Waals surface area contributed by atoms with Gasteiger partial charge in [-0.3, -0.25) is 4.90 Å². The molecule has 1 aromatic heterocycles. The summed E-state index contributed by atoms with van der Waals surface area (Å²) in [7, 11) is 4.37. The average Bonchev–Trinajstić information content (AvgIpc) is 2.32. The first-order valence-electron chi connectivity index (χ1n) is 6.15. The number of aromatic nitrogens is 1. The Bertz CT molecular complexity index is 369. The van der Waals surface area contributed by atoms with Crippen molar-refractivity contribution in [1.82, 2.24) is 14.8 Å². The van der Waals surface area contributed by atoms with Crippen molar-refractivity contribution in [2.45, 2.75) is 25.4 Å². The van der Waals surface area contributed by atoms with Crippen molar-refractivity contribution < 1.29 is 0 Å². The van der Waals surface area contributed by atoms with Gasteiger partial charge in [-0.05, 0) is 39.5 Å². The summed E-state index contributed by atoms with van der Waals surface area (Å²) in [6.45, 7) is 3.25. The van der Waals surface area contributed by atoms with Crippen molar-refractivity contribution in [2.24, 2.45) is 0 Å². The molecule has 1 aliphatic heterocycles. The Balaban J connectivity index is 1.96. The zero-order valence-corrected chi connectivity index (χ0v) is 11.3. The fraction of sp³-hybridized carbons (Fsp3) is 0.615. The lowest BCUT2D eigenvalue weighted by Crippen LogP contribution is -2.44. The molecule has 2 heterocycles. The number of piperidine rings is 1. The van der Waals surface area contributed by atoms with Crippen LogP contribution in [0.3, 0.4) is 0 Å². The summed E-state index contributed by atoms with van der Waals surface area (Å²) in [6.07, 6.45) is 4.30. The van der Waals surface area contributed by atoms with Gasteiger partial charge in [-0.1, -0.05) is 17.7 Å². The second-order valence-corrected chi connectivity index (χ2v) is 5.28. The molecule has 94 valence electrons. The van der Waals surface area contributed by atoms with Gasteiger partial charge in [0.2, 0.25) is 0 Å². The molecule has 2 rings (SSSR count). The first-order valence-corrected chi connectivity index (χ1v) is 6.53. The standard InChI is InChI=1S/C13H20ClN3/c1-16-8-4-6-12(10-16)17(2)9-11-5-3-7-15-13(11)14/h3,5,7,12H,4,6,8-10H2,1-2H3. The Labute approximate surface area is 108 Å². The third-order valence-electron chi connectivity index (χ3n) is 3.48. The van der Waals surface area contributed by atoms with Crippen LogP contribution in [0.4, 0.5) is 0 Å². The van der Waals surface area contributed by atoms with E-state index in [1.807, 2.05) is 6.07 Å². The second kappa shape index (κ2) is 5.80. The lowest BCUT2D eigenvalue weighted by Gasteiger charge is -2.35. The van der Waals surface area contributed by atoms with Gasteiger partial charge < -0.3 is 4.90 Å². The number of rotatable bonds is 3. The maximum atomic E-state index is 6.09. The van der Waals surface area contributed by atoms with Gasteiger partial charge in [0.1, 0.15) is 5.15 Å². The number of hydrogen-bond donors (Lipinski definition) is 0. The highest BCUT2D eigenvalue weighted by atomic mass is 35.5. The van der Waals surface area contributed by atoms with E-state index in [4.69, 9.17) is 11.6 Å². The summed E-state index contributed by atoms with van der Waals surface area (Å²) in [5.41, 5.74) is 1.12. The van der Waals surface area contributed by atoms with E-state index >= 15 is 0 Å². The van der Waals surface area contributed by atoms with Crippen LogP contribution in [0.25, 0.3) is 0 Å². The highest BCUT2D eigenvalue weighted by molar-refractivity contribution is 6.30. The van der Waals surface area contributed by atoms with E-state index in [2.05, 4.69) is 34.9 Å². The van der Waals surface area contributed by atoms with Crippen LogP contribution in [-0.4, -0.2) is 48.0 Å². The van der Waals surface area contributed by atoms with Gasteiger partial charge in [0.25, 0.3) is 0 Å². The summed E-state index contributed by atoms with van der Waals surface area (Å²) in [6, 6.07) is 4.63. The van der Waals surface area contributed by atoms with Gasteiger partial charge in [-0.2, -0.15) is 0 Å². The van der Waals surface area contributed by atoms with E-state index in [1.165, 1.54) is 19.4 Å². The maximum Gasteiger partial charge on any atom is 0.133 e. The van der Waals surface area contributed by atoms with Crippen LogP contribution in [-0.2, 0) is 6.54 Å². The zero-order chi connectivity index (χ0) is 12.3. The molecule has 0 aliphatic carbocycles. The van der Waals surface area contributed by atoms with Crippen LogP contribution in [0.5, 0.6) is 0 Å². The van der Waals surface area contributed by atoms with E-state index in [9.17, 15) is 0 Å². The molecule has 1 fully saturated rings. The van der Waals surface area contributed by atoms with E-state index in [1.54, 1.807) is 6.20 Å². The predicted molar refractivity (Wildman–Crippen MR) is 71.2 cm³/mol. The van der Waals surface area contributed by atoms with E-state index in [0.29, 0.717) is 11.2 Å². The van der Waals surface area contributed by atoms with E-state index in [0.717, 1.165) is 18.7 Å². The quantitative estimate of drug-likeness (QED) is 0.771. The van der Waals surface area contributed by atoms with Crippen LogP contribution in [0.15, 0.2) is 18.3 Å². The molecule has 0 saturated carbocycles.